The number of halogens is 2. The van der Waals surface area contributed by atoms with Gasteiger partial charge < -0.3 is 5.11 Å². The standard InChI is InChI=1S/C12H12BrClO2/c13-11-4-3-8(14)5-10(11)9(6-12(15)16)7-1-2-7/h3-5,7,9H,1-2,6H2,(H,15,16). The fraction of sp³-hybridized carbons (Fsp3) is 0.417. The van der Waals surface area contributed by atoms with Crippen LogP contribution in [0.3, 0.4) is 0 Å². The highest BCUT2D eigenvalue weighted by molar-refractivity contribution is 9.10. The Morgan fingerprint density at radius 2 is 2.25 bits per heavy atom. The van der Waals surface area contributed by atoms with Crippen LogP contribution < -0.4 is 0 Å². The van der Waals surface area contributed by atoms with Crippen molar-refractivity contribution >= 4 is 33.5 Å². The maximum absolute atomic E-state index is 10.9. The number of aliphatic carboxylic acids is 1. The van der Waals surface area contributed by atoms with Crippen LogP contribution in [0.1, 0.15) is 30.7 Å². The van der Waals surface area contributed by atoms with Crippen molar-refractivity contribution in [3.8, 4) is 0 Å². The van der Waals surface area contributed by atoms with Gasteiger partial charge in [0.05, 0.1) is 6.42 Å². The van der Waals surface area contributed by atoms with Gasteiger partial charge in [-0.25, -0.2) is 0 Å². The molecule has 1 atom stereocenters. The molecule has 0 amide bonds. The first-order valence-electron chi connectivity index (χ1n) is 5.24. The van der Waals surface area contributed by atoms with E-state index in [4.69, 9.17) is 16.7 Å². The predicted octanol–water partition coefficient (Wildman–Crippen LogP) is 4.07. The molecule has 0 spiro atoms. The molecule has 1 fully saturated rings. The van der Waals surface area contributed by atoms with E-state index >= 15 is 0 Å². The van der Waals surface area contributed by atoms with Crippen LogP contribution in [0.5, 0.6) is 0 Å². The summed E-state index contributed by atoms with van der Waals surface area (Å²) in [7, 11) is 0. The zero-order valence-corrected chi connectivity index (χ0v) is 11.0. The molecular formula is C12H12BrClO2. The summed E-state index contributed by atoms with van der Waals surface area (Å²) in [6.45, 7) is 0. The monoisotopic (exact) mass is 302 g/mol. The molecule has 2 nitrogen and oxygen atoms in total. The second-order valence-electron chi connectivity index (χ2n) is 4.21. The average Bonchev–Trinajstić information content (AvgIpc) is 3.02. The second kappa shape index (κ2) is 4.76. The Bertz CT molecular complexity index is 415. The Morgan fingerprint density at radius 1 is 1.56 bits per heavy atom. The van der Waals surface area contributed by atoms with Crippen LogP contribution in [-0.2, 0) is 4.79 Å². The molecule has 2 rings (SSSR count). The fourth-order valence-electron chi connectivity index (χ4n) is 2.02. The minimum atomic E-state index is -0.747. The summed E-state index contributed by atoms with van der Waals surface area (Å²) in [5, 5.41) is 9.60. The Labute approximate surface area is 108 Å². The minimum Gasteiger partial charge on any atom is -0.481 e. The quantitative estimate of drug-likeness (QED) is 0.910. The summed E-state index contributed by atoms with van der Waals surface area (Å²) in [5.74, 6) is -0.153. The van der Waals surface area contributed by atoms with Crippen molar-refractivity contribution < 1.29 is 9.90 Å². The van der Waals surface area contributed by atoms with Crippen molar-refractivity contribution in [3.05, 3.63) is 33.3 Å². The zero-order valence-electron chi connectivity index (χ0n) is 8.62. The Hall–Kier alpha value is -0.540. The summed E-state index contributed by atoms with van der Waals surface area (Å²) >= 11 is 9.42. The first kappa shape index (κ1) is 11.9. The molecule has 0 radical (unpaired) electrons. The summed E-state index contributed by atoms with van der Waals surface area (Å²) < 4.78 is 0.954. The molecule has 1 saturated carbocycles. The van der Waals surface area contributed by atoms with Crippen LogP contribution in [0.2, 0.25) is 5.02 Å². The molecule has 0 bridgehead atoms. The van der Waals surface area contributed by atoms with Crippen molar-refractivity contribution in [1.82, 2.24) is 0 Å². The minimum absolute atomic E-state index is 0.0885. The Balaban J connectivity index is 2.30. The van der Waals surface area contributed by atoms with Gasteiger partial charge in [0, 0.05) is 9.50 Å². The van der Waals surface area contributed by atoms with E-state index in [9.17, 15) is 4.79 Å². The van der Waals surface area contributed by atoms with Crippen LogP contribution >= 0.6 is 27.5 Å². The van der Waals surface area contributed by atoms with Gasteiger partial charge in [0.2, 0.25) is 0 Å². The molecule has 1 aliphatic carbocycles. The van der Waals surface area contributed by atoms with Crippen molar-refractivity contribution in [2.45, 2.75) is 25.2 Å². The van der Waals surface area contributed by atoms with Crippen LogP contribution in [0.15, 0.2) is 22.7 Å². The topological polar surface area (TPSA) is 37.3 Å². The summed E-state index contributed by atoms with van der Waals surface area (Å²) in [4.78, 5) is 10.9. The third kappa shape index (κ3) is 2.77. The van der Waals surface area contributed by atoms with Gasteiger partial charge in [-0.05, 0) is 48.4 Å². The zero-order chi connectivity index (χ0) is 11.7. The van der Waals surface area contributed by atoms with E-state index < -0.39 is 5.97 Å². The molecule has 0 saturated heterocycles. The maximum atomic E-state index is 10.9. The second-order valence-corrected chi connectivity index (χ2v) is 5.50. The van der Waals surface area contributed by atoms with Gasteiger partial charge in [0.15, 0.2) is 0 Å². The molecule has 0 heterocycles. The van der Waals surface area contributed by atoms with Crippen molar-refractivity contribution in [2.24, 2.45) is 5.92 Å². The third-order valence-corrected chi connectivity index (χ3v) is 3.90. The molecule has 16 heavy (non-hydrogen) atoms. The summed E-state index contributed by atoms with van der Waals surface area (Å²) in [6.07, 6.45) is 2.43. The average molecular weight is 304 g/mol. The molecule has 1 aliphatic rings. The van der Waals surface area contributed by atoms with E-state index in [0.717, 1.165) is 22.9 Å². The lowest BCUT2D eigenvalue weighted by Gasteiger charge is -2.16. The number of hydrogen-bond donors (Lipinski definition) is 1. The summed E-state index contributed by atoms with van der Waals surface area (Å²) in [5.41, 5.74) is 1.03. The highest BCUT2D eigenvalue weighted by atomic mass is 79.9. The molecule has 1 aromatic rings. The van der Waals surface area contributed by atoms with Crippen molar-refractivity contribution in [1.29, 1.82) is 0 Å². The SMILES string of the molecule is O=C(O)CC(c1cc(Cl)ccc1Br)C1CC1. The van der Waals surface area contributed by atoms with Crippen molar-refractivity contribution in [2.75, 3.05) is 0 Å². The fourth-order valence-corrected chi connectivity index (χ4v) is 2.74. The highest BCUT2D eigenvalue weighted by Crippen LogP contribution is 2.46. The molecule has 1 unspecified atom stereocenters. The number of rotatable bonds is 4. The first-order chi connectivity index (χ1) is 7.58. The molecule has 4 heteroatoms. The van der Waals surface area contributed by atoms with Gasteiger partial charge in [-0.1, -0.05) is 27.5 Å². The van der Waals surface area contributed by atoms with E-state index in [-0.39, 0.29) is 12.3 Å². The van der Waals surface area contributed by atoms with E-state index in [1.165, 1.54) is 0 Å². The van der Waals surface area contributed by atoms with E-state index in [2.05, 4.69) is 15.9 Å². The maximum Gasteiger partial charge on any atom is 0.303 e. The lowest BCUT2D eigenvalue weighted by atomic mass is 9.91. The van der Waals surface area contributed by atoms with Gasteiger partial charge in [-0.3, -0.25) is 4.79 Å². The van der Waals surface area contributed by atoms with Crippen molar-refractivity contribution in [3.63, 3.8) is 0 Å². The molecule has 86 valence electrons. The largest absolute Gasteiger partial charge is 0.481 e. The Morgan fingerprint density at radius 3 is 2.81 bits per heavy atom. The molecule has 0 aliphatic heterocycles. The predicted molar refractivity (Wildman–Crippen MR) is 66.9 cm³/mol. The molecule has 1 aromatic carbocycles. The van der Waals surface area contributed by atoms with Crippen LogP contribution in [0.4, 0.5) is 0 Å². The normalized spacial score (nSPS) is 17.1. The number of carboxylic acids is 1. The van der Waals surface area contributed by atoms with E-state index in [0.29, 0.717) is 10.9 Å². The highest BCUT2D eigenvalue weighted by Gasteiger charge is 2.34. The number of carboxylic acid groups (broad SMARTS) is 1. The van der Waals surface area contributed by atoms with Gasteiger partial charge in [-0.15, -0.1) is 0 Å². The van der Waals surface area contributed by atoms with Gasteiger partial charge in [-0.2, -0.15) is 0 Å². The number of carbonyl (C=O) groups is 1. The third-order valence-electron chi connectivity index (χ3n) is 2.94. The van der Waals surface area contributed by atoms with E-state index in [1.54, 1.807) is 6.07 Å². The molecule has 0 aromatic heterocycles. The van der Waals surface area contributed by atoms with Crippen LogP contribution in [0, 0.1) is 5.92 Å². The smallest absolute Gasteiger partial charge is 0.303 e. The molecular weight excluding hydrogens is 291 g/mol. The summed E-state index contributed by atoms with van der Waals surface area (Å²) in [6, 6.07) is 5.56. The van der Waals surface area contributed by atoms with Gasteiger partial charge >= 0.3 is 5.97 Å². The van der Waals surface area contributed by atoms with Gasteiger partial charge in [0.1, 0.15) is 0 Å². The van der Waals surface area contributed by atoms with Crippen LogP contribution in [-0.4, -0.2) is 11.1 Å². The molecule has 1 N–H and O–H groups in total. The Kier molecular flexibility index (Phi) is 3.55. The van der Waals surface area contributed by atoms with Crippen LogP contribution in [0.25, 0.3) is 0 Å². The first-order valence-corrected chi connectivity index (χ1v) is 6.41. The van der Waals surface area contributed by atoms with Gasteiger partial charge in [0.25, 0.3) is 0 Å². The van der Waals surface area contributed by atoms with E-state index in [1.807, 2.05) is 12.1 Å². The number of benzene rings is 1. The lowest BCUT2D eigenvalue weighted by Crippen LogP contribution is -2.09. The number of hydrogen-bond acceptors (Lipinski definition) is 1. The lowest BCUT2D eigenvalue weighted by molar-refractivity contribution is -0.137.